The lowest BCUT2D eigenvalue weighted by molar-refractivity contribution is -0.144. The Labute approximate surface area is 249 Å². The molecule has 0 bridgehead atoms. The lowest BCUT2D eigenvalue weighted by Crippen LogP contribution is -2.46. The van der Waals surface area contributed by atoms with Crippen LogP contribution in [0.5, 0.6) is 0 Å². The fourth-order valence-electron chi connectivity index (χ4n) is 7.61. The minimum atomic E-state index is -0.715. The monoisotopic (exact) mass is 572 g/mol. The van der Waals surface area contributed by atoms with E-state index in [1.54, 1.807) is 12.1 Å². The predicted octanol–water partition coefficient (Wildman–Crippen LogP) is 6.17. The van der Waals surface area contributed by atoms with Gasteiger partial charge in [-0.25, -0.2) is 4.39 Å². The second-order valence-electron chi connectivity index (χ2n) is 12.9. The molecule has 1 saturated carbocycles. The number of nitrogens with zero attached hydrogens (tertiary/aromatic N) is 4. The van der Waals surface area contributed by atoms with Gasteiger partial charge >= 0.3 is 5.97 Å². The van der Waals surface area contributed by atoms with Gasteiger partial charge in [0.05, 0.1) is 5.69 Å². The Bertz CT molecular complexity index is 1350. The van der Waals surface area contributed by atoms with Crippen molar-refractivity contribution in [2.75, 3.05) is 26.2 Å². The van der Waals surface area contributed by atoms with Crippen LogP contribution in [-0.2, 0) is 17.8 Å². The van der Waals surface area contributed by atoms with Crippen LogP contribution in [0.4, 0.5) is 4.39 Å². The normalized spacial score (nSPS) is 24.7. The second kappa shape index (κ2) is 12.7. The zero-order valence-electron chi connectivity index (χ0n) is 25.0. The molecule has 0 radical (unpaired) electrons. The van der Waals surface area contributed by atoms with Crippen molar-refractivity contribution in [3.05, 3.63) is 89.0 Å². The first-order chi connectivity index (χ1) is 20.4. The maximum atomic E-state index is 14.3. The molecule has 2 saturated heterocycles. The summed E-state index contributed by atoms with van der Waals surface area (Å²) in [4.78, 5) is 17.2. The van der Waals surface area contributed by atoms with Gasteiger partial charge in [-0.05, 0) is 87.4 Å². The molecule has 4 atom stereocenters. The van der Waals surface area contributed by atoms with Crippen LogP contribution in [0.1, 0.15) is 80.3 Å². The number of benzene rings is 2. The van der Waals surface area contributed by atoms with Crippen LogP contribution in [0.15, 0.2) is 60.7 Å². The molecular formula is C35H45FN4O2. The van der Waals surface area contributed by atoms with E-state index >= 15 is 0 Å². The van der Waals surface area contributed by atoms with Crippen molar-refractivity contribution < 1.29 is 14.3 Å². The van der Waals surface area contributed by atoms with Gasteiger partial charge in [-0.2, -0.15) is 5.10 Å². The predicted molar refractivity (Wildman–Crippen MR) is 163 cm³/mol. The second-order valence-corrected chi connectivity index (χ2v) is 12.9. The van der Waals surface area contributed by atoms with Crippen LogP contribution in [0.2, 0.25) is 0 Å². The summed E-state index contributed by atoms with van der Waals surface area (Å²) < 4.78 is 16.5. The maximum Gasteiger partial charge on any atom is 0.320 e. The molecule has 0 amide bonds. The molecule has 1 N–H and O–H groups in total. The van der Waals surface area contributed by atoms with Gasteiger partial charge in [0.2, 0.25) is 0 Å². The minimum Gasteiger partial charge on any atom is -0.480 e. The number of carboxylic acid groups (broad SMARTS) is 1. The third-order valence-corrected chi connectivity index (χ3v) is 10.1. The highest BCUT2D eigenvalue weighted by Gasteiger charge is 2.46. The Balaban J connectivity index is 1.15. The summed E-state index contributed by atoms with van der Waals surface area (Å²) in [5.74, 6) is 0.468. The van der Waals surface area contributed by atoms with Crippen molar-refractivity contribution in [1.29, 1.82) is 0 Å². The van der Waals surface area contributed by atoms with E-state index in [0.29, 0.717) is 18.4 Å². The molecule has 6 nitrogen and oxygen atoms in total. The molecule has 3 unspecified atom stereocenters. The average molecular weight is 573 g/mol. The van der Waals surface area contributed by atoms with Crippen LogP contribution in [-0.4, -0.2) is 68.9 Å². The lowest BCUT2D eigenvalue weighted by Gasteiger charge is -2.37. The van der Waals surface area contributed by atoms with E-state index in [1.807, 2.05) is 6.07 Å². The van der Waals surface area contributed by atoms with E-state index in [2.05, 4.69) is 64.7 Å². The first-order valence-electron chi connectivity index (χ1n) is 16.0. The van der Waals surface area contributed by atoms with E-state index in [-0.39, 0.29) is 23.7 Å². The van der Waals surface area contributed by atoms with Gasteiger partial charge in [-0.1, -0.05) is 55.3 Å². The van der Waals surface area contributed by atoms with Crippen LogP contribution < -0.4 is 0 Å². The summed E-state index contributed by atoms with van der Waals surface area (Å²) in [5.41, 5.74) is 4.77. The fraction of sp³-hybridized carbons (Fsp3) is 0.543. The fourth-order valence-corrected chi connectivity index (χ4v) is 7.61. The van der Waals surface area contributed by atoms with E-state index in [1.165, 1.54) is 17.3 Å². The Hall–Kier alpha value is -3.03. The average Bonchev–Trinajstić information content (AvgIpc) is 3.65. The Morgan fingerprint density at radius 3 is 2.48 bits per heavy atom. The molecule has 0 spiro atoms. The van der Waals surface area contributed by atoms with Gasteiger partial charge in [0.15, 0.2) is 0 Å². The Kier molecular flexibility index (Phi) is 8.77. The number of carboxylic acids is 1. The van der Waals surface area contributed by atoms with Gasteiger partial charge in [0.25, 0.3) is 0 Å². The maximum absolute atomic E-state index is 14.3. The summed E-state index contributed by atoms with van der Waals surface area (Å²) in [6.07, 6.45) is 6.04. The molecule has 6 rings (SSSR count). The molecule has 2 aromatic carbocycles. The highest BCUT2D eigenvalue weighted by atomic mass is 19.1. The topological polar surface area (TPSA) is 61.6 Å². The molecule has 1 aliphatic carbocycles. The van der Waals surface area contributed by atoms with E-state index in [0.717, 1.165) is 76.0 Å². The summed E-state index contributed by atoms with van der Waals surface area (Å²) in [7, 11) is 0. The van der Waals surface area contributed by atoms with Crippen LogP contribution in [0.25, 0.3) is 0 Å². The number of piperidine rings is 1. The van der Waals surface area contributed by atoms with Crippen molar-refractivity contribution in [3.63, 3.8) is 0 Å². The molecule has 2 aliphatic heterocycles. The van der Waals surface area contributed by atoms with Crippen molar-refractivity contribution in [1.82, 2.24) is 19.6 Å². The van der Waals surface area contributed by atoms with Crippen molar-refractivity contribution in [2.24, 2.45) is 11.8 Å². The van der Waals surface area contributed by atoms with Crippen molar-refractivity contribution >= 4 is 5.97 Å². The highest BCUT2D eigenvalue weighted by molar-refractivity contribution is 5.73. The van der Waals surface area contributed by atoms with Gasteiger partial charge in [-0.3, -0.25) is 14.4 Å². The number of likely N-dealkylation sites (tertiary alicyclic amines) is 2. The van der Waals surface area contributed by atoms with Gasteiger partial charge in [-0.15, -0.1) is 0 Å². The number of hydrogen-bond acceptors (Lipinski definition) is 4. The number of aliphatic carboxylic acids is 1. The largest absolute Gasteiger partial charge is 0.480 e. The van der Waals surface area contributed by atoms with E-state index in [4.69, 9.17) is 5.10 Å². The molecule has 3 fully saturated rings. The van der Waals surface area contributed by atoms with Crippen molar-refractivity contribution in [2.45, 2.75) is 82.8 Å². The Morgan fingerprint density at radius 1 is 1.05 bits per heavy atom. The number of rotatable bonds is 11. The van der Waals surface area contributed by atoms with Crippen molar-refractivity contribution in [3.8, 4) is 0 Å². The van der Waals surface area contributed by atoms with Crippen LogP contribution >= 0.6 is 0 Å². The number of hydrogen-bond donors (Lipinski definition) is 1. The number of carbonyl (C=O) groups is 1. The third-order valence-electron chi connectivity index (χ3n) is 10.1. The molecular weight excluding hydrogens is 527 g/mol. The molecule has 42 heavy (non-hydrogen) atoms. The SMILES string of the molecule is CCn1nc(Cc2ccccc2)cc1C1CCN(CC2C(c3cccc(F)c3)CN([C@H](CC3CC3)C(=O)O)C2C)CC1. The first kappa shape index (κ1) is 29.1. The van der Waals surface area contributed by atoms with Crippen LogP contribution in [0, 0.1) is 17.7 Å². The highest BCUT2D eigenvalue weighted by Crippen LogP contribution is 2.43. The molecule has 3 heterocycles. The minimum absolute atomic E-state index is 0.122. The van der Waals surface area contributed by atoms with E-state index in [9.17, 15) is 14.3 Å². The standard InChI is InChI=1S/C35H45FN4O2/c1-3-40-33(21-30(37-40)18-25-8-5-4-6-9-25)27-14-16-38(17-15-27)22-31-24(2)39(34(35(41)42)19-26-12-13-26)23-32(31)28-10-7-11-29(36)20-28/h4-11,20-21,24,26-27,31-32,34H,3,12-19,22-23H2,1-2H3,(H,41,42)/t24?,31?,32?,34-/m1/s1. The van der Waals surface area contributed by atoms with Crippen LogP contribution in [0.3, 0.4) is 0 Å². The molecule has 3 aromatic rings. The molecule has 1 aromatic heterocycles. The van der Waals surface area contributed by atoms with E-state index < -0.39 is 12.0 Å². The smallest absolute Gasteiger partial charge is 0.320 e. The first-order valence-corrected chi connectivity index (χ1v) is 16.0. The zero-order chi connectivity index (χ0) is 29.2. The number of aryl methyl sites for hydroxylation is 1. The van der Waals surface area contributed by atoms with Gasteiger partial charge < -0.3 is 10.0 Å². The third kappa shape index (κ3) is 6.47. The number of aromatic nitrogens is 2. The number of halogens is 1. The Morgan fingerprint density at radius 2 is 1.81 bits per heavy atom. The summed E-state index contributed by atoms with van der Waals surface area (Å²) >= 11 is 0. The summed E-state index contributed by atoms with van der Waals surface area (Å²) in [6, 6.07) is 19.5. The zero-order valence-corrected chi connectivity index (χ0v) is 25.0. The molecule has 224 valence electrons. The van der Waals surface area contributed by atoms with Gasteiger partial charge in [0.1, 0.15) is 11.9 Å². The summed E-state index contributed by atoms with van der Waals surface area (Å²) in [5, 5.41) is 15.1. The quantitative estimate of drug-likeness (QED) is 0.298. The summed E-state index contributed by atoms with van der Waals surface area (Å²) in [6.45, 7) is 8.86. The van der Waals surface area contributed by atoms with Gasteiger partial charge in [0, 0.05) is 49.6 Å². The molecule has 7 heteroatoms. The lowest BCUT2D eigenvalue weighted by atomic mass is 9.84. The molecule has 3 aliphatic rings.